The minimum atomic E-state index is -2.76. The van der Waals surface area contributed by atoms with Gasteiger partial charge in [0.05, 0.1) is 0 Å². The zero-order valence-electron chi connectivity index (χ0n) is 19.8. The van der Waals surface area contributed by atoms with Crippen LogP contribution >= 0.6 is 15.2 Å². The van der Waals surface area contributed by atoms with Crippen molar-refractivity contribution < 1.29 is 9.13 Å². The van der Waals surface area contributed by atoms with Gasteiger partial charge >= 0.3 is 0 Å². The Kier molecular flexibility index (Phi) is 6.65. The van der Waals surface area contributed by atoms with Crippen molar-refractivity contribution in [1.82, 2.24) is 28.0 Å². The van der Waals surface area contributed by atoms with Crippen molar-refractivity contribution in [3.63, 3.8) is 0 Å². The predicted octanol–water partition coefficient (Wildman–Crippen LogP) is 3.44. The Bertz CT molecular complexity index is 634. The molecule has 2 heterocycles. The van der Waals surface area contributed by atoms with Gasteiger partial charge in [0.25, 0.3) is 15.2 Å². The van der Waals surface area contributed by atoms with E-state index in [4.69, 9.17) is 0 Å². The maximum absolute atomic E-state index is 14.2. The first-order valence-corrected chi connectivity index (χ1v) is 14.8. The molecule has 2 saturated heterocycles. The normalized spacial score (nSPS) is 37.7. The van der Waals surface area contributed by atoms with E-state index in [-0.39, 0.29) is 0 Å². The molecule has 2 aliphatic heterocycles. The van der Waals surface area contributed by atoms with Gasteiger partial charge in [0, 0.05) is 37.3 Å². The van der Waals surface area contributed by atoms with E-state index in [1.807, 2.05) is 51.6 Å². The second-order valence-electron chi connectivity index (χ2n) is 9.92. The fourth-order valence-corrected chi connectivity index (χ4v) is 12.8. The number of hydrogen-bond donors (Lipinski definition) is 0. The van der Waals surface area contributed by atoms with E-state index in [0.717, 1.165) is 25.7 Å². The smallest absolute Gasteiger partial charge is 0.270 e. The average Bonchev–Trinajstić information content (AvgIpc) is 3.09. The molecule has 30 heavy (non-hydrogen) atoms. The molecule has 10 heteroatoms. The molecule has 0 aromatic rings. The van der Waals surface area contributed by atoms with E-state index >= 15 is 0 Å². The number of hydrogen-bond acceptors (Lipinski definition) is 2. The molecule has 0 spiro atoms. The topological polar surface area (TPSA) is 53.6 Å². The maximum Gasteiger partial charge on any atom is 0.286 e. The Hall–Kier alpha value is 0.220. The van der Waals surface area contributed by atoms with Crippen LogP contribution in [0.25, 0.3) is 0 Å². The molecule has 0 aromatic heterocycles. The largest absolute Gasteiger partial charge is 0.286 e. The van der Waals surface area contributed by atoms with Crippen LogP contribution in [0.1, 0.15) is 51.4 Å². The summed E-state index contributed by atoms with van der Waals surface area (Å²) >= 11 is 0. The second kappa shape index (κ2) is 8.53. The van der Waals surface area contributed by atoms with Gasteiger partial charge in [-0.25, -0.2) is 28.0 Å². The quantitative estimate of drug-likeness (QED) is 0.579. The highest BCUT2D eigenvalue weighted by Gasteiger charge is 2.55. The summed E-state index contributed by atoms with van der Waals surface area (Å²) in [6, 6.07) is 1.57. The van der Waals surface area contributed by atoms with E-state index < -0.39 is 15.2 Å². The molecule has 0 amide bonds. The standard InChI is InChI=1S/C20H42N6O2P2/c1-21(29(27)23(3)17-11-7-8-12-18(17)24(29)4)15-16-22(2)30(28)25(5)19-13-9-10-14-20(19)26(30)6/h17-20H,7-16H2,1-6H3/t17-,18-,19-,20-/m1/s1. The highest BCUT2D eigenvalue weighted by molar-refractivity contribution is 7.57. The third-order valence-corrected chi connectivity index (χ3v) is 15.2. The van der Waals surface area contributed by atoms with Crippen LogP contribution < -0.4 is 0 Å². The lowest BCUT2D eigenvalue weighted by Crippen LogP contribution is -2.37. The Morgan fingerprint density at radius 3 is 1.07 bits per heavy atom. The molecule has 0 unspecified atom stereocenters. The molecule has 8 nitrogen and oxygen atoms in total. The van der Waals surface area contributed by atoms with E-state index in [9.17, 15) is 9.13 Å². The maximum atomic E-state index is 14.2. The van der Waals surface area contributed by atoms with Gasteiger partial charge in [-0.1, -0.05) is 25.7 Å². The summed E-state index contributed by atoms with van der Waals surface area (Å²) in [5.41, 5.74) is 0. The van der Waals surface area contributed by atoms with E-state index in [1.54, 1.807) is 0 Å². The Morgan fingerprint density at radius 2 is 0.833 bits per heavy atom. The minimum Gasteiger partial charge on any atom is -0.270 e. The molecule has 174 valence electrons. The molecule has 4 rings (SSSR count). The number of likely N-dealkylation sites (N-methyl/N-ethyl adjacent to an activating group) is 6. The number of fused-ring (bicyclic) bond motifs is 2. The minimum absolute atomic E-state index is 0.392. The zero-order valence-corrected chi connectivity index (χ0v) is 21.6. The lowest BCUT2D eigenvalue weighted by Gasteiger charge is -2.38. The van der Waals surface area contributed by atoms with Gasteiger partial charge in [-0.2, -0.15) is 0 Å². The molecule has 0 bridgehead atoms. The third-order valence-electron chi connectivity index (χ3n) is 8.59. The monoisotopic (exact) mass is 460 g/mol. The van der Waals surface area contributed by atoms with Crippen LogP contribution in [0, 0.1) is 0 Å². The molecule has 0 aromatic carbocycles. The predicted molar refractivity (Wildman–Crippen MR) is 124 cm³/mol. The molecule has 2 aliphatic carbocycles. The van der Waals surface area contributed by atoms with Crippen LogP contribution in [0.4, 0.5) is 0 Å². The number of rotatable bonds is 5. The molecule has 4 atom stereocenters. The summed E-state index contributed by atoms with van der Waals surface area (Å²) in [4.78, 5) is 0. The van der Waals surface area contributed by atoms with Crippen LogP contribution in [0.2, 0.25) is 0 Å². The Balaban J connectivity index is 1.45. The first-order valence-electron chi connectivity index (χ1n) is 11.7. The lowest BCUT2D eigenvalue weighted by atomic mass is 9.91. The van der Waals surface area contributed by atoms with Crippen molar-refractivity contribution in [2.75, 3.05) is 55.4 Å². The Morgan fingerprint density at radius 1 is 0.600 bits per heavy atom. The molecule has 2 saturated carbocycles. The lowest BCUT2D eigenvalue weighted by molar-refractivity contribution is 0.233. The fraction of sp³-hybridized carbons (Fsp3) is 1.00. The third kappa shape index (κ3) is 3.33. The summed E-state index contributed by atoms with van der Waals surface area (Å²) in [5, 5.41) is 0. The highest BCUT2D eigenvalue weighted by atomic mass is 31.2. The molecule has 4 fully saturated rings. The van der Waals surface area contributed by atoms with Gasteiger partial charge in [-0.05, 0) is 68.0 Å². The van der Waals surface area contributed by atoms with Crippen molar-refractivity contribution in [1.29, 1.82) is 0 Å². The summed E-state index contributed by atoms with van der Waals surface area (Å²) in [6.45, 7) is 1.28. The molecular weight excluding hydrogens is 418 g/mol. The Labute approximate surface area is 183 Å². The van der Waals surface area contributed by atoms with Crippen molar-refractivity contribution in [3.8, 4) is 0 Å². The van der Waals surface area contributed by atoms with Crippen molar-refractivity contribution in [2.45, 2.75) is 75.5 Å². The first kappa shape index (κ1) is 23.4. The van der Waals surface area contributed by atoms with Gasteiger partial charge in [0.15, 0.2) is 0 Å². The first-order chi connectivity index (χ1) is 14.1. The van der Waals surface area contributed by atoms with Crippen LogP contribution in [0.15, 0.2) is 0 Å². The van der Waals surface area contributed by atoms with Gasteiger partial charge in [0.1, 0.15) is 0 Å². The van der Waals surface area contributed by atoms with E-state index in [1.165, 1.54) is 25.7 Å². The average molecular weight is 461 g/mol. The van der Waals surface area contributed by atoms with Gasteiger partial charge < -0.3 is 0 Å². The molecule has 0 radical (unpaired) electrons. The zero-order chi connectivity index (χ0) is 21.8. The van der Waals surface area contributed by atoms with Gasteiger partial charge in [0.2, 0.25) is 0 Å². The molecule has 0 N–H and O–H groups in total. The van der Waals surface area contributed by atoms with Crippen LogP contribution in [-0.2, 0) is 9.13 Å². The second-order valence-corrected chi connectivity index (χ2v) is 15.9. The van der Waals surface area contributed by atoms with Gasteiger partial charge in [-0.15, -0.1) is 0 Å². The molecule has 4 aliphatic rings. The van der Waals surface area contributed by atoms with E-state index in [2.05, 4.69) is 18.7 Å². The highest BCUT2D eigenvalue weighted by Crippen LogP contribution is 2.65. The van der Waals surface area contributed by atoms with E-state index in [0.29, 0.717) is 37.3 Å². The van der Waals surface area contributed by atoms with Crippen LogP contribution in [0.3, 0.4) is 0 Å². The van der Waals surface area contributed by atoms with Crippen LogP contribution in [0.5, 0.6) is 0 Å². The summed E-state index contributed by atoms with van der Waals surface area (Å²) in [6.07, 6.45) is 9.47. The van der Waals surface area contributed by atoms with Crippen molar-refractivity contribution in [3.05, 3.63) is 0 Å². The summed E-state index contributed by atoms with van der Waals surface area (Å²) in [5.74, 6) is 0. The van der Waals surface area contributed by atoms with Gasteiger partial charge in [-0.3, -0.25) is 9.13 Å². The molecular formula is C20H42N6O2P2. The SMILES string of the molecule is CN(CCN(C)P1(=O)N(C)[C@@H]2CCCC[C@H]2N1C)P1(=O)N(C)[C@@H]2CCCC[C@H]2N1C. The summed E-state index contributed by atoms with van der Waals surface area (Å²) in [7, 11) is 6.61. The number of nitrogens with zero attached hydrogens (tertiary/aromatic N) is 6. The van der Waals surface area contributed by atoms with Crippen LogP contribution in [-0.4, -0.2) is 108 Å². The van der Waals surface area contributed by atoms with Crippen molar-refractivity contribution >= 4 is 15.2 Å². The summed E-state index contributed by atoms with van der Waals surface area (Å²) < 4.78 is 41.0. The van der Waals surface area contributed by atoms with Crippen molar-refractivity contribution in [2.24, 2.45) is 0 Å². The fourth-order valence-electron chi connectivity index (χ4n) is 6.66.